The molecule has 0 radical (unpaired) electrons. The third-order valence-corrected chi connectivity index (χ3v) is 7.69. The molecule has 1 fully saturated rings. The van der Waals surface area contributed by atoms with E-state index in [1.165, 1.54) is 0 Å². The van der Waals surface area contributed by atoms with Crippen molar-refractivity contribution in [3.05, 3.63) is 71.5 Å². The van der Waals surface area contributed by atoms with E-state index < -0.39 is 17.6 Å². The van der Waals surface area contributed by atoms with Crippen LogP contribution in [0.4, 0.5) is 11.5 Å². The molecule has 0 saturated heterocycles. The first-order valence-electron chi connectivity index (χ1n) is 10.9. The highest BCUT2D eigenvalue weighted by Gasteiger charge is 2.51. The number of hydrogen-bond donors (Lipinski definition) is 4. The monoisotopic (exact) mass is 507 g/mol. The van der Waals surface area contributed by atoms with Gasteiger partial charge in [0.15, 0.2) is 0 Å². The minimum absolute atomic E-state index is 0.333. The smallest absolute Gasteiger partial charge is 0.142 e. The van der Waals surface area contributed by atoms with E-state index in [2.05, 4.69) is 38.5 Å². The molecule has 4 atom stereocenters. The second-order valence-electron chi connectivity index (χ2n) is 8.89. The maximum Gasteiger partial charge on any atom is 0.142 e. The third-order valence-electron chi connectivity index (χ3n) is 7.05. The zero-order valence-corrected chi connectivity index (χ0v) is 19.6. The van der Waals surface area contributed by atoms with Crippen LogP contribution in [0.3, 0.4) is 0 Å². The topological polar surface area (TPSA) is 123 Å². The van der Waals surface area contributed by atoms with E-state index in [0.29, 0.717) is 36.4 Å². The van der Waals surface area contributed by atoms with E-state index in [1.807, 2.05) is 35.0 Å². The van der Waals surface area contributed by atoms with Gasteiger partial charge in [0.05, 0.1) is 22.1 Å². The number of hydrogen-bond acceptors (Lipinski definition) is 6. The van der Waals surface area contributed by atoms with Gasteiger partial charge in [-0.25, -0.2) is 9.97 Å². The molecule has 8 heteroatoms. The number of aryl methyl sites for hydroxylation is 1. The second-order valence-corrected chi connectivity index (χ2v) is 9.74. The Balaban J connectivity index is 1.42. The quantitative estimate of drug-likeness (QED) is 0.303. The molecule has 0 spiro atoms. The molecule has 170 valence electrons. The first-order valence-corrected chi connectivity index (χ1v) is 11.7. The summed E-state index contributed by atoms with van der Waals surface area (Å²) in [4.78, 5) is 8.92. The van der Waals surface area contributed by atoms with Crippen molar-refractivity contribution in [1.29, 1.82) is 0 Å². The van der Waals surface area contributed by atoms with Crippen LogP contribution in [0.25, 0.3) is 21.9 Å². The van der Waals surface area contributed by atoms with Gasteiger partial charge >= 0.3 is 0 Å². The maximum absolute atomic E-state index is 11.1. The zero-order valence-electron chi connectivity index (χ0n) is 18.0. The molecule has 1 aromatic carbocycles. The number of nitrogens with two attached hydrogens (primary N) is 2. The standard InChI is InChI=1S/C25H26BrN5O2/c1-2-25(8-5-14-3-4-15-12-17(26)23(28)30-19(15)11-14)13-20(21(32)22(25)33)31-10-7-16-18(27)6-9-29-24(16)31/h2-4,6-7,9-12,20-22,32-33H,1,5,8,13H2,(H2,27,29)(H2,28,30)/t20-,21+,22+,25+/m1/s1. The van der Waals surface area contributed by atoms with Gasteiger partial charge in [-0.1, -0.05) is 18.2 Å². The highest BCUT2D eigenvalue weighted by Crippen LogP contribution is 2.49. The van der Waals surface area contributed by atoms with Gasteiger partial charge in [0.1, 0.15) is 17.6 Å². The Morgan fingerprint density at radius 1 is 1.21 bits per heavy atom. The lowest BCUT2D eigenvalue weighted by atomic mass is 9.78. The van der Waals surface area contributed by atoms with Gasteiger partial charge in [-0.05, 0) is 65.0 Å². The summed E-state index contributed by atoms with van der Waals surface area (Å²) in [5.41, 5.74) is 14.7. The van der Waals surface area contributed by atoms with Crippen LogP contribution in [0.1, 0.15) is 24.4 Å². The van der Waals surface area contributed by atoms with Crippen molar-refractivity contribution >= 4 is 49.4 Å². The van der Waals surface area contributed by atoms with Gasteiger partial charge in [-0.2, -0.15) is 0 Å². The number of aliphatic hydroxyl groups excluding tert-OH is 2. The van der Waals surface area contributed by atoms with Gasteiger partial charge in [-0.15, -0.1) is 6.58 Å². The van der Waals surface area contributed by atoms with Crippen molar-refractivity contribution < 1.29 is 10.2 Å². The Kier molecular flexibility index (Phi) is 5.39. The van der Waals surface area contributed by atoms with Crippen molar-refractivity contribution in [2.24, 2.45) is 5.41 Å². The Labute approximate surface area is 199 Å². The molecule has 3 heterocycles. The van der Waals surface area contributed by atoms with Crippen molar-refractivity contribution in [2.45, 2.75) is 37.5 Å². The summed E-state index contributed by atoms with van der Waals surface area (Å²) < 4.78 is 2.70. The van der Waals surface area contributed by atoms with Crippen LogP contribution in [-0.4, -0.2) is 37.0 Å². The lowest BCUT2D eigenvalue weighted by Crippen LogP contribution is -2.35. The fourth-order valence-corrected chi connectivity index (χ4v) is 5.42. The van der Waals surface area contributed by atoms with E-state index in [1.54, 1.807) is 18.3 Å². The molecule has 0 bridgehead atoms. The highest BCUT2D eigenvalue weighted by atomic mass is 79.9. The van der Waals surface area contributed by atoms with Crippen LogP contribution in [0.5, 0.6) is 0 Å². The van der Waals surface area contributed by atoms with Crippen molar-refractivity contribution in [3.63, 3.8) is 0 Å². The average Bonchev–Trinajstić information content (AvgIpc) is 3.34. The third kappa shape index (κ3) is 3.58. The number of nitrogens with zero attached hydrogens (tertiary/aromatic N) is 3. The predicted molar refractivity (Wildman–Crippen MR) is 135 cm³/mol. The predicted octanol–water partition coefficient (Wildman–Crippen LogP) is 3.98. The molecule has 6 N–H and O–H groups in total. The van der Waals surface area contributed by atoms with Crippen molar-refractivity contribution in [1.82, 2.24) is 14.5 Å². The van der Waals surface area contributed by atoms with Crippen LogP contribution in [0.15, 0.2) is 65.9 Å². The summed E-state index contributed by atoms with van der Waals surface area (Å²) in [6.45, 7) is 4.03. The highest BCUT2D eigenvalue weighted by molar-refractivity contribution is 9.10. The molecule has 7 nitrogen and oxygen atoms in total. The fraction of sp³-hybridized carbons (Fsp3) is 0.280. The molecule has 1 aliphatic rings. The van der Waals surface area contributed by atoms with E-state index in [4.69, 9.17) is 11.5 Å². The number of anilines is 2. The molecule has 33 heavy (non-hydrogen) atoms. The van der Waals surface area contributed by atoms with E-state index in [-0.39, 0.29) is 6.04 Å². The minimum atomic E-state index is -0.947. The number of halogens is 1. The van der Waals surface area contributed by atoms with Crippen LogP contribution in [0, 0.1) is 5.41 Å². The van der Waals surface area contributed by atoms with Crippen molar-refractivity contribution in [2.75, 3.05) is 11.5 Å². The molecular weight excluding hydrogens is 482 g/mol. The number of fused-ring (bicyclic) bond motifs is 2. The number of nitrogen functional groups attached to an aromatic ring is 2. The first-order chi connectivity index (χ1) is 15.8. The second kappa shape index (κ2) is 8.13. The van der Waals surface area contributed by atoms with Gasteiger partial charge in [-0.3, -0.25) is 0 Å². The van der Waals surface area contributed by atoms with Crippen LogP contribution < -0.4 is 11.5 Å². The summed E-state index contributed by atoms with van der Waals surface area (Å²) in [6, 6.07) is 11.4. The largest absolute Gasteiger partial charge is 0.398 e. The summed E-state index contributed by atoms with van der Waals surface area (Å²) in [6.07, 6.45) is 5.33. The first kappa shape index (κ1) is 21.9. The minimum Gasteiger partial charge on any atom is -0.398 e. The number of aliphatic hydroxyl groups is 2. The number of aromatic nitrogens is 3. The Morgan fingerprint density at radius 3 is 2.82 bits per heavy atom. The van der Waals surface area contributed by atoms with E-state index in [9.17, 15) is 10.2 Å². The summed E-state index contributed by atoms with van der Waals surface area (Å²) >= 11 is 3.42. The molecule has 0 amide bonds. The van der Waals surface area contributed by atoms with Crippen molar-refractivity contribution in [3.8, 4) is 0 Å². The van der Waals surface area contributed by atoms with E-state index in [0.717, 1.165) is 26.3 Å². The van der Waals surface area contributed by atoms with Gasteiger partial charge in [0.25, 0.3) is 0 Å². The molecule has 1 aliphatic carbocycles. The molecule has 0 unspecified atom stereocenters. The number of benzene rings is 1. The molecule has 1 saturated carbocycles. The zero-order chi connectivity index (χ0) is 23.3. The van der Waals surface area contributed by atoms with Gasteiger partial charge in [0, 0.05) is 34.3 Å². The Morgan fingerprint density at radius 2 is 2.03 bits per heavy atom. The maximum atomic E-state index is 11.1. The molecule has 0 aliphatic heterocycles. The lowest BCUT2D eigenvalue weighted by molar-refractivity contribution is -0.0143. The van der Waals surface area contributed by atoms with Gasteiger partial charge < -0.3 is 26.2 Å². The lowest BCUT2D eigenvalue weighted by Gasteiger charge is -2.29. The Bertz CT molecular complexity index is 1370. The van der Waals surface area contributed by atoms with Gasteiger partial charge in [0.2, 0.25) is 0 Å². The van der Waals surface area contributed by atoms with Crippen LogP contribution in [0.2, 0.25) is 0 Å². The number of pyridine rings is 2. The normalized spacial score (nSPS) is 25.1. The summed E-state index contributed by atoms with van der Waals surface area (Å²) in [5, 5.41) is 24.0. The average molecular weight is 508 g/mol. The summed E-state index contributed by atoms with van der Waals surface area (Å²) in [7, 11) is 0. The van der Waals surface area contributed by atoms with E-state index >= 15 is 0 Å². The fourth-order valence-electron chi connectivity index (χ4n) is 5.08. The molecule has 3 aromatic heterocycles. The molecular formula is C25H26BrN5O2. The Hall–Kier alpha value is -2.94. The van der Waals surface area contributed by atoms with Crippen LogP contribution in [-0.2, 0) is 6.42 Å². The summed E-state index contributed by atoms with van der Waals surface area (Å²) in [5.74, 6) is 0.451. The number of rotatable bonds is 5. The molecule has 4 aromatic rings. The molecule has 5 rings (SSSR count). The van der Waals surface area contributed by atoms with Crippen LogP contribution >= 0.6 is 15.9 Å². The SMILES string of the molecule is C=C[C@]1(CCc2ccc3cc(Br)c(N)nc3c2)C[C@@H](n2ccc3c(N)ccnc32)[C@H](O)[C@@H]1O.